The summed E-state index contributed by atoms with van der Waals surface area (Å²) in [6, 6.07) is 8.62. The van der Waals surface area contributed by atoms with Crippen molar-refractivity contribution in [1.29, 1.82) is 0 Å². The molecule has 128 valence electrons. The molecule has 1 fully saturated rings. The number of thiazole rings is 1. The smallest absolute Gasteiger partial charge is 0.251 e. The van der Waals surface area contributed by atoms with Gasteiger partial charge in [-0.1, -0.05) is 11.3 Å². The van der Waals surface area contributed by atoms with Crippen LogP contribution in [0.5, 0.6) is 5.75 Å². The van der Waals surface area contributed by atoms with Gasteiger partial charge in [-0.05, 0) is 43.3 Å². The van der Waals surface area contributed by atoms with Crippen LogP contribution in [-0.2, 0) is 0 Å². The summed E-state index contributed by atoms with van der Waals surface area (Å²) in [5.74, 6) is 0.662. The Morgan fingerprint density at radius 2 is 2.24 bits per heavy atom. The van der Waals surface area contributed by atoms with Gasteiger partial charge in [0.2, 0.25) is 0 Å². The lowest BCUT2D eigenvalue weighted by molar-refractivity contribution is 0.0940. The van der Waals surface area contributed by atoms with E-state index in [1.165, 1.54) is 11.3 Å². The van der Waals surface area contributed by atoms with E-state index in [-0.39, 0.29) is 17.7 Å². The van der Waals surface area contributed by atoms with Gasteiger partial charge in [-0.25, -0.2) is 9.97 Å². The van der Waals surface area contributed by atoms with Crippen molar-refractivity contribution in [2.75, 3.05) is 18.4 Å². The van der Waals surface area contributed by atoms with Gasteiger partial charge in [-0.3, -0.25) is 4.79 Å². The molecule has 1 aromatic carbocycles. The predicted molar refractivity (Wildman–Crippen MR) is 97.5 cm³/mol. The SMILES string of the molecule is O=C(NC1CCNC1)c1ccnc(Nc2nc3ccc(O)cc3s2)c1. The van der Waals surface area contributed by atoms with Crippen molar-refractivity contribution in [2.45, 2.75) is 12.5 Å². The number of carbonyl (C=O) groups is 1. The molecule has 0 radical (unpaired) electrons. The number of aromatic hydroxyl groups is 1. The average molecular weight is 355 g/mol. The van der Waals surface area contributed by atoms with Crippen LogP contribution < -0.4 is 16.0 Å². The van der Waals surface area contributed by atoms with E-state index in [0.29, 0.717) is 16.5 Å². The van der Waals surface area contributed by atoms with E-state index < -0.39 is 0 Å². The van der Waals surface area contributed by atoms with Crippen molar-refractivity contribution >= 4 is 38.4 Å². The average Bonchev–Trinajstić information content (AvgIpc) is 3.24. The molecule has 2 aromatic heterocycles. The van der Waals surface area contributed by atoms with Crippen LogP contribution in [0.15, 0.2) is 36.5 Å². The summed E-state index contributed by atoms with van der Waals surface area (Å²) in [7, 11) is 0. The number of anilines is 2. The highest BCUT2D eigenvalue weighted by atomic mass is 32.1. The number of phenols is 1. The van der Waals surface area contributed by atoms with Crippen LogP contribution in [-0.4, -0.2) is 40.1 Å². The van der Waals surface area contributed by atoms with Crippen molar-refractivity contribution in [3.05, 3.63) is 42.1 Å². The molecule has 0 spiro atoms. The molecular formula is C17H17N5O2S. The summed E-state index contributed by atoms with van der Waals surface area (Å²) in [6.45, 7) is 1.74. The Morgan fingerprint density at radius 3 is 3.08 bits per heavy atom. The van der Waals surface area contributed by atoms with E-state index in [1.807, 2.05) is 0 Å². The molecule has 7 nitrogen and oxygen atoms in total. The number of rotatable bonds is 4. The predicted octanol–water partition coefficient (Wildman–Crippen LogP) is 2.23. The van der Waals surface area contributed by atoms with Crippen LogP contribution in [0.1, 0.15) is 16.8 Å². The summed E-state index contributed by atoms with van der Waals surface area (Å²) in [6.07, 6.45) is 2.55. The maximum absolute atomic E-state index is 12.3. The quantitative estimate of drug-likeness (QED) is 0.573. The number of hydrogen-bond acceptors (Lipinski definition) is 7. The van der Waals surface area contributed by atoms with Crippen LogP contribution in [0.4, 0.5) is 10.9 Å². The van der Waals surface area contributed by atoms with E-state index in [1.54, 1.807) is 36.5 Å². The highest BCUT2D eigenvalue weighted by Crippen LogP contribution is 2.30. The first-order chi connectivity index (χ1) is 12.2. The molecule has 1 unspecified atom stereocenters. The Bertz CT molecular complexity index is 920. The standard InChI is InChI=1S/C17H17N5O2S/c23-12-1-2-13-14(8-12)25-17(21-13)22-15-7-10(3-6-19-15)16(24)20-11-4-5-18-9-11/h1-3,6-8,11,18,23H,4-5,9H2,(H,20,24)(H,19,21,22). The second-order valence-corrected chi connectivity index (χ2v) is 6.92. The van der Waals surface area contributed by atoms with E-state index in [2.05, 4.69) is 25.9 Å². The zero-order valence-corrected chi connectivity index (χ0v) is 14.1. The minimum absolute atomic E-state index is 0.103. The normalized spacial score (nSPS) is 16.9. The fourth-order valence-electron chi connectivity index (χ4n) is 2.76. The molecule has 1 amide bonds. The van der Waals surface area contributed by atoms with Gasteiger partial charge in [0.05, 0.1) is 10.2 Å². The molecule has 4 N–H and O–H groups in total. The van der Waals surface area contributed by atoms with Gasteiger partial charge in [0, 0.05) is 24.3 Å². The third kappa shape index (κ3) is 3.54. The molecule has 1 aliphatic rings. The molecule has 0 bridgehead atoms. The van der Waals surface area contributed by atoms with Crippen LogP contribution in [0.25, 0.3) is 10.2 Å². The van der Waals surface area contributed by atoms with Gasteiger partial charge in [-0.15, -0.1) is 0 Å². The number of nitrogens with one attached hydrogen (secondary N) is 3. The number of aromatic nitrogens is 2. The fourth-order valence-corrected chi connectivity index (χ4v) is 3.67. The maximum Gasteiger partial charge on any atom is 0.251 e. The summed E-state index contributed by atoms with van der Waals surface area (Å²) in [5, 5.41) is 19.6. The van der Waals surface area contributed by atoms with Gasteiger partial charge in [0.25, 0.3) is 5.91 Å². The van der Waals surface area contributed by atoms with Crippen molar-refractivity contribution in [2.24, 2.45) is 0 Å². The Balaban J connectivity index is 1.51. The molecule has 1 saturated heterocycles. The lowest BCUT2D eigenvalue weighted by Crippen LogP contribution is -2.36. The largest absolute Gasteiger partial charge is 0.508 e. The Labute approximate surface area is 148 Å². The number of phenolic OH excluding ortho intramolecular Hbond substituents is 1. The molecule has 0 saturated carbocycles. The monoisotopic (exact) mass is 355 g/mol. The maximum atomic E-state index is 12.3. The highest BCUT2D eigenvalue weighted by molar-refractivity contribution is 7.22. The molecule has 3 aromatic rings. The van der Waals surface area contributed by atoms with Gasteiger partial charge in [-0.2, -0.15) is 0 Å². The lowest BCUT2D eigenvalue weighted by atomic mass is 10.2. The number of amides is 1. The minimum Gasteiger partial charge on any atom is -0.508 e. The molecule has 0 aliphatic carbocycles. The van der Waals surface area contributed by atoms with Crippen molar-refractivity contribution < 1.29 is 9.90 Å². The molecule has 1 aliphatic heterocycles. The molecule has 4 rings (SSSR count). The van der Waals surface area contributed by atoms with Gasteiger partial charge >= 0.3 is 0 Å². The van der Waals surface area contributed by atoms with Crippen LogP contribution in [0, 0.1) is 0 Å². The summed E-state index contributed by atoms with van der Waals surface area (Å²) < 4.78 is 0.880. The Morgan fingerprint density at radius 1 is 1.32 bits per heavy atom. The number of carbonyl (C=O) groups excluding carboxylic acids is 1. The molecule has 25 heavy (non-hydrogen) atoms. The zero-order valence-electron chi connectivity index (χ0n) is 13.3. The lowest BCUT2D eigenvalue weighted by Gasteiger charge is -2.11. The minimum atomic E-state index is -0.103. The summed E-state index contributed by atoms with van der Waals surface area (Å²) in [5.41, 5.74) is 1.36. The van der Waals surface area contributed by atoms with Gasteiger partial charge in [0.1, 0.15) is 11.6 Å². The van der Waals surface area contributed by atoms with E-state index in [4.69, 9.17) is 0 Å². The van der Waals surface area contributed by atoms with E-state index in [0.717, 1.165) is 29.7 Å². The number of hydrogen-bond donors (Lipinski definition) is 4. The molecular weight excluding hydrogens is 338 g/mol. The van der Waals surface area contributed by atoms with Crippen molar-refractivity contribution in [1.82, 2.24) is 20.6 Å². The number of benzene rings is 1. The fraction of sp³-hybridized carbons (Fsp3) is 0.235. The number of pyridine rings is 1. The van der Waals surface area contributed by atoms with E-state index >= 15 is 0 Å². The summed E-state index contributed by atoms with van der Waals surface area (Å²) >= 11 is 1.42. The first-order valence-electron chi connectivity index (χ1n) is 8.01. The topological polar surface area (TPSA) is 99.2 Å². The third-order valence-electron chi connectivity index (χ3n) is 4.02. The Hall–Kier alpha value is -2.71. The van der Waals surface area contributed by atoms with Gasteiger partial charge < -0.3 is 21.1 Å². The molecule has 8 heteroatoms. The highest BCUT2D eigenvalue weighted by Gasteiger charge is 2.18. The first kappa shape index (κ1) is 15.8. The van der Waals surface area contributed by atoms with Crippen LogP contribution in [0.2, 0.25) is 0 Å². The number of fused-ring (bicyclic) bond motifs is 1. The molecule has 1 atom stereocenters. The first-order valence-corrected chi connectivity index (χ1v) is 8.83. The number of nitrogens with zero attached hydrogens (tertiary/aromatic N) is 2. The van der Waals surface area contributed by atoms with Crippen LogP contribution >= 0.6 is 11.3 Å². The van der Waals surface area contributed by atoms with Crippen molar-refractivity contribution in [3.63, 3.8) is 0 Å². The Kier molecular flexibility index (Phi) is 4.21. The second-order valence-electron chi connectivity index (χ2n) is 5.89. The van der Waals surface area contributed by atoms with Crippen molar-refractivity contribution in [3.8, 4) is 5.75 Å². The third-order valence-corrected chi connectivity index (χ3v) is 4.96. The second kappa shape index (κ2) is 6.66. The summed E-state index contributed by atoms with van der Waals surface area (Å²) in [4.78, 5) is 21.1. The molecule has 3 heterocycles. The van der Waals surface area contributed by atoms with Crippen LogP contribution in [0.3, 0.4) is 0 Å². The van der Waals surface area contributed by atoms with E-state index in [9.17, 15) is 9.90 Å². The van der Waals surface area contributed by atoms with Gasteiger partial charge in [0.15, 0.2) is 5.13 Å². The zero-order chi connectivity index (χ0) is 17.2.